The fourth-order valence-corrected chi connectivity index (χ4v) is 3.82. The summed E-state index contributed by atoms with van der Waals surface area (Å²) in [6, 6.07) is 0. The topological polar surface area (TPSA) is 17.1 Å². The zero-order valence-corrected chi connectivity index (χ0v) is 8.59. The molecule has 1 aliphatic carbocycles. The van der Waals surface area contributed by atoms with Crippen LogP contribution >= 0.6 is 7.92 Å². The molecule has 0 spiro atoms. The standard InChI is InChI=1S/C9H15N2P/c1-11-7-12(2)9-6-4-3-5-8(9)10-11/h5,7,9H,3-4,6H2,1-2H3. The van der Waals surface area contributed by atoms with Crippen LogP contribution in [0.3, 0.4) is 0 Å². The summed E-state index contributed by atoms with van der Waals surface area (Å²) in [4.78, 5) is 0. The number of hydrogen-bond donors (Lipinski definition) is 0. The molecular formula is C9H15N2P. The first kappa shape index (κ1) is 8.25. The molecule has 0 radical (unpaired) electrons. The molecule has 0 saturated carbocycles. The minimum absolute atomic E-state index is 0.0505. The minimum Gasteiger partial charge on any atom is -0.415 e. The van der Waals surface area contributed by atoms with E-state index in [2.05, 4.69) is 24.1 Å². The van der Waals surface area contributed by atoms with Crippen LogP contribution in [0.4, 0.5) is 0 Å². The van der Waals surface area contributed by atoms with E-state index in [0.717, 1.165) is 5.66 Å². The Balaban J connectivity index is 2.25. The second-order valence-electron chi connectivity index (χ2n) is 3.53. The quantitative estimate of drug-likeness (QED) is 0.404. The summed E-state index contributed by atoms with van der Waals surface area (Å²) in [6.07, 6.45) is 6.25. The highest BCUT2D eigenvalue weighted by Gasteiger charge is 2.23. The van der Waals surface area contributed by atoms with Gasteiger partial charge in [0, 0.05) is 0 Å². The third-order valence-electron chi connectivity index (χ3n) is 2.49. The molecule has 0 N–H and O–H groups in total. The van der Waals surface area contributed by atoms with Crippen molar-refractivity contribution < 1.29 is 4.68 Å². The number of hydrogen-bond acceptors (Lipinski definition) is 0. The smallest absolute Gasteiger partial charge is 0.156 e. The first-order valence-electron chi connectivity index (χ1n) is 4.49. The van der Waals surface area contributed by atoms with Gasteiger partial charge in [-0.2, -0.15) is 0 Å². The van der Waals surface area contributed by atoms with E-state index in [4.69, 9.17) is 0 Å². The second kappa shape index (κ2) is 3.18. The van der Waals surface area contributed by atoms with Crippen LogP contribution in [0.2, 0.25) is 0 Å². The average Bonchev–Trinajstić information content (AvgIpc) is 2.04. The van der Waals surface area contributed by atoms with Gasteiger partial charge < -0.3 is 5.43 Å². The predicted octanol–water partition coefficient (Wildman–Crippen LogP) is 2.51. The Labute approximate surface area is 75.1 Å². The second-order valence-corrected chi connectivity index (χ2v) is 5.72. The Kier molecular flexibility index (Phi) is 2.18. The molecule has 0 aromatic heterocycles. The number of rotatable bonds is 0. The van der Waals surface area contributed by atoms with Crippen LogP contribution in [0, 0.1) is 0 Å². The Bertz CT molecular complexity index is 245. The zero-order chi connectivity index (χ0) is 8.55. The molecule has 2 unspecified atom stereocenters. The summed E-state index contributed by atoms with van der Waals surface area (Å²) >= 11 is 0. The first-order chi connectivity index (χ1) is 5.77. The molecule has 1 heterocycles. The highest BCUT2D eigenvalue weighted by molar-refractivity contribution is 7.72. The van der Waals surface area contributed by atoms with Crippen LogP contribution in [-0.2, 0) is 0 Å². The molecule has 12 heavy (non-hydrogen) atoms. The highest BCUT2D eigenvalue weighted by atomic mass is 31.1. The van der Waals surface area contributed by atoms with Gasteiger partial charge in [0.25, 0.3) is 0 Å². The van der Waals surface area contributed by atoms with E-state index in [1.807, 2.05) is 11.7 Å². The largest absolute Gasteiger partial charge is 0.415 e. The molecule has 0 amide bonds. The molecule has 66 valence electrons. The molecule has 2 nitrogen and oxygen atoms in total. The Hall–Kier alpha value is -0.360. The van der Waals surface area contributed by atoms with E-state index in [-0.39, 0.29) is 7.92 Å². The van der Waals surface area contributed by atoms with Gasteiger partial charge in [-0.3, -0.25) is 4.68 Å². The van der Waals surface area contributed by atoms with Crippen molar-refractivity contribution in [2.45, 2.75) is 24.9 Å². The van der Waals surface area contributed by atoms with Crippen molar-refractivity contribution in [2.24, 2.45) is 0 Å². The summed E-state index contributed by atoms with van der Waals surface area (Å²) in [6.45, 7) is 2.35. The number of fused-ring (bicyclic) bond motifs is 1. The third kappa shape index (κ3) is 1.40. The van der Waals surface area contributed by atoms with Crippen molar-refractivity contribution in [2.75, 3.05) is 13.7 Å². The lowest BCUT2D eigenvalue weighted by molar-refractivity contribution is -0.434. The summed E-state index contributed by atoms with van der Waals surface area (Å²) in [7, 11) is 2.08. The number of nitrogens with zero attached hydrogens (tertiary/aromatic N) is 2. The minimum atomic E-state index is 0.0505. The zero-order valence-electron chi connectivity index (χ0n) is 7.70. The summed E-state index contributed by atoms with van der Waals surface area (Å²) in [5.41, 5.74) is 6.63. The maximum Gasteiger partial charge on any atom is 0.156 e. The molecule has 2 aliphatic rings. The van der Waals surface area contributed by atoms with Gasteiger partial charge >= 0.3 is 0 Å². The molecule has 2 atom stereocenters. The van der Waals surface area contributed by atoms with Crippen molar-refractivity contribution in [1.29, 1.82) is 0 Å². The molecule has 0 aromatic rings. The molecule has 0 aromatic carbocycles. The molecule has 0 bridgehead atoms. The van der Waals surface area contributed by atoms with Gasteiger partial charge in [0.15, 0.2) is 5.96 Å². The lowest BCUT2D eigenvalue weighted by Gasteiger charge is -2.37. The van der Waals surface area contributed by atoms with Crippen LogP contribution in [0.25, 0.3) is 5.43 Å². The van der Waals surface area contributed by atoms with Crippen LogP contribution in [0.15, 0.2) is 11.8 Å². The lowest BCUT2D eigenvalue weighted by Crippen LogP contribution is -2.21. The van der Waals surface area contributed by atoms with Gasteiger partial charge in [0.05, 0.1) is 0 Å². The fraction of sp³-hybridized carbons (Fsp3) is 0.667. The van der Waals surface area contributed by atoms with Crippen molar-refractivity contribution in [3.05, 3.63) is 17.2 Å². The first-order valence-corrected chi connectivity index (χ1v) is 6.41. The Morgan fingerprint density at radius 3 is 3.33 bits per heavy atom. The van der Waals surface area contributed by atoms with Gasteiger partial charge in [-0.05, 0) is 39.5 Å². The molecule has 0 fully saturated rings. The van der Waals surface area contributed by atoms with Gasteiger partial charge in [0.2, 0.25) is 0 Å². The van der Waals surface area contributed by atoms with Crippen molar-refractivity contribution in [3.63, 3.8) is 0 Å². The van der Waals surface area contributed by atoms with E-state index in [9.17, 15) is 0 Å². The van der Waals surface area contributed by atoms with Crippen LogP contribution in [-0.4, -0.2) is 30.0 Å². The molecular weight excluding hydrogens is 167 g/mol. The summed E-state index contributed by atoms with van der Waals surface area (Å²) < 4.78 is 1.99. The van der Waals surface area contributed by atoms with E-state index in [1.54, 1.807) is 0 Å². The number of allylic oxidation sites excluding steroid dienone is 2. The maximum atomic E-state index is 4.51. The Morgan fingerprint density at radius 1 is 1.67 bits per heavy atom. The molecule has 1 aliphatic heterocycles. The Morgan fingerprint density at radius 2 is 2.50 bits per heavy atom. The molecule has 2 rings (SSSR count). The van der Waals surface area contributed by atoms with Gasteiger partial charge in [-0.25, -0.2) is 0 Å². The van der Waals surface area contributed by atoms with E-state index < -0.39 is 0 Å². The predicted molar refractivity (Wildman–Crippen MR) is 54.2 cm³/mol. The van der Waals surface area contributed by atoms with Crippen LogP contribution in [0.1, 0.15) is 19.3 Å². The summed E-state index contributed by atoms with van der Waals surface area (Å²) in [5.74, 6) is 2.28. The summed E-state index contributed by atoms with van der Waals surface area (Å²) in [5, 5.41) is 0. The van der Waals surface area contributed by atoms with E-state index >= 15 is 0 Å². The highest BCUT2D eigenvalue weighted by Crippen LogP contribution is 2.47. The fourth-order valence-electron chi connectivity index (χ4n) is 1.92. The van der Waals surface area contributed by atoms with Crippen molar-refractivity contribution in [3.8, 4) is 0 Å². The third-order valence-corrected chi connectivity index (χ3v) is 4.70. The van der Waals surface area contributed by atoms with E-state index in [1.165, 1.54) is 25.0 Å². The molecule has 0 saturated heterocycles. The van der Waals surface area contributed by atoms with E-state index in [0.29, 0.717) is 0 Å². The average molecular weight is 182 g/mol. The van der Waals surface area contributed by atoms with Gasteiger partial charge in [-0.1, -0.05) is 6.08 Å². The van der Waals surface area contributed by atoms with Gasteiger partial charge in [-0.15, -0.1) is 5.70 Å². The molecule has 3 heteroatoms. The van der Waals surface area contributed by atoms with Crippen LogP contribution in [0.5, 0.6) is 0 Å². The van der Waals surface area contributed by atoms with Crippen molar-refractivity contribution in [1.82, 2.24) is 0 Å². The van der Waals surface area contributed by atoms with Crippen molar-refractivity contribution >= 4 is 13.9 Å². The maximum absolute atomic E-state index is 4.51. The normalized spacial score (nSPS) is 34.5. The lowest BCUT2D eigenvalue weighted by atomic mass is 10.0. The SMILES string of the molecule is C[N+]1=CP(C)C2CCCC=C2[N-]1. The van der Waals surface area contributed by atoms with Gasteiger partial charge in [0.1, 0.15) is 7.05 Å². The monoisotopic (exact) mass is 182 g/mol. The van der Waals surface area contributed by atoms with Crippen LogP contribution < -0.4 is 0 Å².